The van der Waals surface area contributed by atoms with Crippen LogP contribution in [0, 0.1) is 0 Å². The molecule has 0 bridgehead atoms. The summed E-state index contributed by atoms with van der Waals surface area (Å²) in [6, 6.07) is 4.07. The van der Waals surface area contributed by atoms with Crippen LogP contribution >= 0.6 is 46.2 Å². The molecule has 9 heteroatoms. The quantitative estimate of drug-likeness (QED) is 0.659. The molecule has 0 spiro atoms. The van der Waals surface area contributed by atoms with E-state index in [4.69, 9.17) is 11.6 Å². The summed E-state index contributed by atoms with van der Waals surface area (Å²) >= 11 is 10.4. The monoisotopic (exact) mass is 343 g/mol. The van der Waals surface area contributed by atoms with Crippen molar-refractivity contribution in [1.29, 1.82) is 0 Å². The van der Waals surface area contributed by atoms with Crippen molar-refractivity contribution in [1.82, 2.24) is 24.4 Å². The molecule has 0 fully saturated rings. The first kappa shape index (κ1) is 14.0. The Labute approximate surface area is 133 Å². The number of nitrogens with zero attached hydrogens (tertiary/aromatic N) is 5. The normalized spacial score (nSPS) is 11.1. The molecule has 0 radical (unpaired) electrons. The van der Waals surface area contributed by atoms with Crippen LogP contribution in [0.4, 0.5) is 0 Å². The summed E-state index contributed by atoms with van der Waals surface area (Å²) in [6.07, 6.45) is 0. The summed E-state index contributed by atoms with van der Waals surface area (Å²) in [7, 11) is 0. The predicted octanol–water partition coefficient (Wildman–Crippen LogP) is 3.82. The molecule has 0 aliphatic rings. The molecule has 0 amide bonds. The summed E-state index contributed by atoms with van der Waals surface area (Å²) in [5, 5.41) is 15.5. The van der Waals surface area contributed by atoms with Gasteiger partial charge in [-0.2, -0.15) is 0 Å². The van der Waals surface area contributed by atoms with E-state index in [9.17, 15) is 0 Å². The Morgan fingerprint density at radius 1 is 1.35 bits per heavy atom. The fourth-order valence-electron chi connectivity index (χ4n) is 1.68. The van der Waals surface area contributed by atoms with Crippen LogP contribution in [0.25, 0.3) is 10.7 Å². The molecule has 0 aromatic carbocycles. The third-order valence-electron chi connectivity index (χ3n) is 2.62. The van der Waals surface area contributed by atoms with Gasteiger partial charge in [-0.25, -0.2) is 0 Å². The molecule has 0 unspecified atom stereocenters. The van der Waals surface area contributed by atoms with E-state index in [1.165, 1.54) is 11.5 Å². The molecule has 0 aliphatic heterocycles. The van der Waals surface area contributed by atoms with Crippen LogP contribution in [0.5, 0.6) is 0 Å². The minimum atomic E-state index is 0.638. The fraction of sp³-hybridized carbons (Fsp3) is 0.273. The predicted molar refractivity (Wildman–Crippen MR) is 83.5 cm³/mol. The Hall–Kier alpha value is -0.960. The van der Waals surface area contributed by atoms with Crippen molar-refractivity contribution in [2.75, 3.05) is 0 Å². The smallest absolute Gasteiger partial charge is 0.191 e. The molecule has 5 nitrogen and oxygen atoms in total. The lowest BCUT2D eigenvalue weighted by Crippen LogP contribution is -1.99. The number of aromatic nitrogens is 5. The second-order valence-corrected chi connectivity index (χ2v) is 7.06. The van der Waals surface area contributed by atoms with E-state index in [0.29, 0.717) is 10.1 Å². The van der Waals surface area contributed by atoms with Gasteiger partial charge < -0.3 is 4.57 Å². The van der Waals surface area contributed by atoms with E-state index in [1.54, 1.807) is 23.1 Å². The zero-order chi connectivity index (χ0) is 13.9. The van der Waals surface area contributed by atoms with Gasteiger partial charge in [-0.1, -0.05) is 33.9 Å². The van der Waals surface area contributed by atoms with E-state index in [1.807, 2.05) is 11.4 Å². The highest BCUT2D eigenvalue weighted by atomic mass is 35.5. The minimum absolute atomic E-state index is 0.638. The topological polar surface area (TPSA) is 56.5 Å². The standard InChI is InChI=1S/C11H10ClN5S3/c1-2-17-10(8-4-3-5-18-8)14-15-11(17)19-6-7-9(12)20-16-13-7/h3-5H,2,6H2,1H3. The second kappa shape index (κ2) is 6.21. The maximum Gasteiger partial charge on any atom is 0.191 e. The van der Waals surface area contributed by atoms with Crippen LogP contribution in [0.3, 0.4) is 0 Å². The van der Waals surface area contributed by atoms with E-state index < -0.39 is 0 Å². The lowest BCUT2D eigenvalue weighted by Gasteiger charge is -2.05. The summed E-state index contributed by atoms with van der Waals surface area (Å²) in [4.78, 5) is 1.12. The average Bonchev–Trinajstić information content (AvgIpc) is 3.16. The molecular formula is C11H10ClN5S3. The molecule has 0 saturated heterocycles. The first-order valence-corrected chi connectivity index (χ1v) is 8.88. The molecule has 0 aliphatic carbocycles. The number of thioether (sulfide) groups is 1. The highest BCUT2D eigenvalue weighted by molar-refractivity contribution is 7.98. The Morgan fingerprint density at radius 3 is 2.90 bits per heavy atom. The molecule has 3 aromatic heterocycles. The van der Waals surface area contributed by atoms with Crippen molar-refractivity contribution >= 4 is 46.2 Å². The van der Waals surface area contributed by atoms with Gasteiger partial charge >= 0.3 is 0 Å². The molecular weight excluding hydrogens is 334 g/mol. The molecule has 3 heterocycles. The van der Waals surface area contributed by atoms with Crippen molar-refractivity contribution < 1.29 is 0 Å². The van der Waals surface area contributed by atoms with Crippen LogP contribution in [-0.4, -0.2) is 24.4 Å². The van der Waals surface area contributed by atoms with E-state index >= 15 is 0 Å². The summed E-state index contributed by atoms with van der Waals surface area (Å²) in [5.41, 5.74) is 0.796. The van der Waals surface area contributed by atoms with Gasteiger partial charge in [-0.15, -0.1) is 26.6 Å². The number of rotatable bonds is 5. The third-order valence-corrected chi connectivity index (χ3v) is 5.45. The fourth-order valence-corrected chi connectivity index (χ4v) is 4.14. The minimum Gasteiger partial charge on any atom is -0.302 e. The van der Waals surface area contributed by atoms with Gasteiger partial charge in [-0.3, -0.25) is 0 Å². The molecule has 3 aromatic rings. The summed E-state index contributed by atoms with van der Waals surface area (Å²) in [6.45, 7) is 2.91. The number of thiophene rings is 1. The first-order chi connectivity index (χ1) is 9.79. The first-order valence-electron chi connectivity index (χ1n) is 5.86. The Kier molecular flexibility index (Phi) is 4.35. The molecule has 0 atom stereocenters. The number of halogens is 1. The number of hydrogen-bond acceptors (Lipinski definition) is 7. The van der Waals surface area contributed by atoms with E-state index in [0.717, 1.165) is 28.1 Å². The lowest BCUT2D eigenvalue weighted by molar-refractivity contribution is 0.688. The molecule has 3 rings (SSSR count). The Morgan fingerprint density at radius 2 is 2.25 bits per heavy atom. The van der Waals surface area contributed by atoms with Crippen LogP contribution in [0.15, 0.2) is 22.7 Å². The van der Waals surface area contributed by atoms with Gasteiger partial charge in [0.2, 0.25) is 0 Å². The van der Waals surface area contributed by atoms with Gasteiger partial charge in [0.25, 0.3) is 0 Å². The zero-order valence-electron chi connectivity index (χ0n) is 10.5. The van der Waals surface area contributed by atoms with Crippen LogP contribution in [0.1, 0.15) is 12.6 Å². The largest absolute Gasteiger partial charge is 0.302 e. The second-order valence-electron chi connectivity index (χ2n) is 3.81. The maximum absolute atomic E-state index is 6.01. The van der Waals surface area contributed by atoms with Gasteiger partial charge in [0, 0.05) is 23.8 Å². The summed E-state index contributed by atoms with van der Waals surface area (Å²) < 4.78 is 6.57. The van der Waals surface area contributed by atoms with Crippen LogP contribution in [0.2, 0.25) is 4.34 Å². The molecule has 104 valence electrons. The molecule has 0 N–H and O–H groups in total. The van der Waals surface area contributed by atoms with Crippen LogP contribution < -0.4 is 0 Å². The Balaban J connectivity index is 1.82. The molecule has 0 saturated carbocycles. The van der Waals surface area contributed by atoms with Crippen molar-refractivity contribution in [2.24, 2.45) is 0 Å². The van der Waals surface area contributed by atoms with Gasteiger partial charge in [0.15, 0.2) is 11.0 Å². The van der Waals surface area contributed by atoms with Crippen molar-refractivity contribution in [3.8, 4) is 10.7 Å². The SMILES string of the molecule is CCn1c(SCc2nnsc2Cl)nnc1-c1cccs1. The lowest BCUT2D eigenvalue weighted by atomic mass is 10.4. The van der Waals surface area contributed by atoms with Gasteiger partial charge in [0.05, 0.1) is 4.88 Å². The van der Waals surface area contributed by atoms with Crippen molar-refractivity contribution in [3.05, 3.63) is 27.5 Å². The van der Waals surface area contributed by atoms with Gasteiger partial charge in [-0.05, 0) is 18.4 Å². The summed E-state index contributed by atoms with van der Waals surface area (Å²) in [5.74, 6) is 1.56. The third kappa shape index (κ3) is 2.73. The average molecular weight is 344 g/mol. The highest BCUT2D eigenvalue weighted by Crippen LogP contribution is 2.30. The highest BCUT2D eigenvalue weighted by Gasteiger charge is 2.15. The molecule has 20 heavy (non-hydrogen) atoms. The van der Waals surface area contributed by atoms with E-state index in [2.05, 4.69) is 37.3 Å². The van der Waals surface area contributed by atoms with Gasteiger partial charge in [0.1, 0.15) is 10.0 Å². The van der Waals surface area contributed by atoms with Crippen molar-refractivity contribution in [2.45, 2.75) is 24.4 Å². The zero-order valence-corrected chi connectivity index (χ0v) is 13.7. The van der Waals surface area contributed by atoms with Crippen LogP contribution in [-0.2, 0) is 12.3 Å². The maximum atomic E-state index is 6.01. The Bertz CT molecular complexity index is 691. The number of hydrogen-bond donors (Lipinski definition) is 0. The van der Waals surface area contributed by atoms with E-state index in [-0.39, 0.29) is 0 Å². The van der Waals surface area contributed by atoms with Crippen molar-refractivity contribution in [3.63, 3.8) is 0 Å².